The summed E-state index contributed by atoms with van der Waals surface area (Å²) in [7, 11) is 0. The summed E-state index contributed by atoms with van der Waals surface area (Å²) in [5.41, 5.74) is 4.30. The molecule has 4 aromatic rings. The van der Waals surface area contributed by atoms with Gasteiger partial charge in [0.1, 0.15) is 6.07 Å². The van der Waals surface area contributed by atoms with Gasteiger partial charge in [0.15, 0.2) is 5.65 Å². The fourth-order valence-electron chi connectivity index (χ4n) is 3.16. The molecule has 7 nitrogen and oxygen atoms in total. The number of anilines is 2. The van der Waals surface area contributed by atoms with Gasteiger partial charge in [-0.05, 0) is 47.9 Å². The molecule has 0 aliphatic heterocycles. The first kappa shape index (κ1) is 20.1. The van der Waals surface area contributed by atoms with Crippen molar-refractivity contribution in [1.29, 1.82) is 5.26 Å². The van der Waals surface area contributed by atoms with E-state index in [2.05, 4.69) is 40.6 Å². The number of hydrogen-bond acceptors (Lipinski definition) is 5. The van der Waals surface area contributed by atoms with Crippen molar-refractivity contribution in [3.05, 3.63) is 78.0 Å². The molecule has 0 fully saturated rings. The van der Waals surface area contributed by atoms with Gasteiger partial charge in [0.25, 0.3) is 5.91 Å². The highest BCUT2D eigenvalue weighted by Crippen LogP contribution is 2.23. The molecule has 154 valence electrons. The number of pyridine rings is 1. The Balaban J connectivity index is 1.59. The Kier molecular flexibility index (Phi) is 5.63. The maximum Gasteiger partial charge on any atom is 0.251 e. The Hall–Kier alpha value is -4.18. The van der Waals surface area contributed by atoms with Gasteiger partial charge < -0.3 is 10.6 Å². The van der Waals surface area contributed by atoms with Crippen LogP contribution in [0.1, 0.15) is 29.8 Å². The molecule has 4 rings (SSSR count). The largest absolute Gasteiger partial charge is 0.352 e. The second-order valence-electron chi connectivity index (χ2n) is 7.62. The molecule has 0 spiro atoms. The van der Waals surface area contributed by atoms with Crippen molar-refractivity contribution in [1.82, 2.24) is 19.9 Å². The van der Waals surface area contributed by atoms with Crippen molar-refractivity contribution < 1.29 is 4.79 Å². The lowest BCUT2D eigenvalue weighted by Crippen LogP contribution is -2.27. The molecule has 0 bridgehead atoms. The summed E-state index contributed by atoms with van der Waals surface area (Å²) in [5, 5.41) is 19.8. The summed E-state index contributed by atoms with van der Waals surface area (Å²) in [6.45, 7) is 4.76. The van der Waals surface area contributed by atoms with Gasteiger partial charge in [-0.3, -0.25) is 4.79 Å². The Morgan fingerprint density at radius 3 is 2.74 bits per heavy atom. The van der Waals surface area contributed by atoms with Crippen LogP contribution in [0.5, 0.6) is 0 Å². The number of amides is 1. The predicted octanol–water partition coefficient (Wildman–Crippen LogP) is 4.40. The second-order valence-corrected chi connectivity index (χ2v) is 7.62. The third kappa shape index (κ3) is 4.54. The zero-order chi connectivity index (χ0) is 21.8. The number of fused-ring (bicyclic) bond motifs is 1. The molecule has 31 heavy (non-hydrogen) atoms. The average molecular weight is 410 g/mol. The van der Waals surface area contributed by atoms with Crippen molar-refractivity contribution in [2.45, 2.75) is 13.8 Å². The van der Waals surface area contributed by atoms with Crippen LogP contribution in [-0.2, 0) is 0 Å². The fraction of sp³-hybridized carbons (Fsp3) is 0.167. The van der Waals surface area contributed by atoms with Crippen LogP contribution in [-0.4, -0.2) is 27.0 Å². The van der Waals surface area contributed by atoms with Crippen molar-refractivity contribution in [2.24, 2.45) is 5.92 Å². The standard InChI is InChI=1S/C24H22N6O/c1-16(2)14-26-23(31)18-8-5-7-17(12-18)20-10-11-22-28-24(29-30(22)15-20)27-21-9-4-3-6-19(21)13-25/h3-12,15-16H,14H2,1-2H3,(H,26,31)(H,27,29). The van der Waals surface area contributed by atoms with Gasteiger partial charge in [-0.1, -0.05) is 38.1 Å². The van der Waals surface area contributed by atoms with E-state index in [9.17, 15) is 10.1 Å². The third-order valence-electron chi connectivity index (χ3n) is 4.75. The number of nitriles is 1. The Labute approximate surface area is 180 Å². The number of para-hydroxylation sites is 1. The van der Waals surface area contributed by atoms with E-state index in [0.29, 0.717) is 40.9 Å². The van der Waals surface area contributed by atoms with Gasteiger partial charge in [0.2, 0.25) is 5.95 Å². The van der Waals surface area contributed by atoms with Crippen LogP contribution in [0.2, 0.25) is 0 Å². The SMILES string of the molecule is CC(C)CNC(=O)c1cccc(-c2ccc3nc(Nc4ccccc4C#N)nn3c2)c1. The first-order valence-electron chi connectivity index (χ1n) is 10.0. The van der Waals surface area contributed by atoms with Gasteiger partial charge in [0.05, 0.1) is 11.3 Å². The number of carbonyl (C=O) groups excluding carboxylic acids is 1. The topological polar surface area (TPSA) is 95.1 Å². The molecule has 0 radical (unpaired) electrons. The molecule has 0 aliphatic carbocycles. The van der Waals surface area contributed by atoms with Crippen LogP contribution in [0.3, 0.4) is 0 Å². The van der Waals surface area contributed by atoms with Crippen LogP contribution in [0.4, 0.5) is 11.6 Å². The lowest BCUT2D eigenvalue weighted by atomic mass is 10.0. The highest BCUT2D eigenvalue weighted by Gasteiger charge is 2.10. The van der Waals surface area contributed by atoms with Crippen LogP contribution in [0.25, 0.3) is 16.8 Å². The number of hydrogen-bond donors (Lipinski definition) is 2. The van der Waals surface area contributed by atoms with Crippen molar-refractivity contribution in [3.63, 3.8) is 0 Å². The van der Waals surface area contributed by atoms with E-state index >= 15 is 0 Å². The summed E-state index contributed by atoms with van der Waals surface area (Å²) in [6.07, 6.45) is 1.87. The summed E-state index contributed by atoms with van der Waals surface area (Å²) >= 11 is 0. The van der Waals surface area contributed by atoms with Gasteiger partial charge >= 0.3 is 0 Å². The molecule has 0 atom stereocenters. The zero-order valence-corrected chi connectivity index (χ0v) is 17.3. The molecular weight excluding hydrogens is 388 g/mol. The molecule has 2 N–H and O–H groups in total. The summed E-state index contributed by atoms with van der Waals surface area (Å²) < 4.78 is 1.68. The van der Waals surface area contributed by atoms with E-state index in [0.717, 1.165) is 11.1 Å². The second kappa shape index (κ2) is 8.67. The molecule has 0 saturated heterocycles. The predicted molar refractivity (Wildman–Crippen MR) is 120 cm³/mol. The molecule has 1 amide bonds. The Bertz CT molecular complexity index is 1280. The lowest BCUT2D eigenvalue weighted by Gasteiger charge is -2.09. The first-order valence-corrected chi connectivity index (χ1v) is 10.0. The molecule has 2 aromatic heterocycles. The smallest absolute Gasteiger partial charge is 0.251 e. The van der Waals surface area contributed by atoms with Crippen molar-refractivity contribution in [3.8, 4) is 17.2 Å². The highest BCUT2D eigenvalue weighted by molar-refractivity contribution is 5.95. The molecular formula is C24H22N6O. The highest BCUT2D eigenvalue weighted by atomic mass is 16.1. The maximum atomic E-state index is 12.4. The van der Waals surface area contributed by atoms with Gasteiger partial charge in [0, 0.05) is 23.9 Å². The quantitative estimate of drug-likeness (QED) is 0.491. The van der Waals surface area contributed by atoms with Crippen molar-refractivity contribution >= 4 is 23.2 Å². The number of nitrogens with zero attached hydrogens (tertiary/aromatic N) is 4. The van der Waals surface area contributed by atoms with Crippen LogP contribution < -0.4 is 10.6 Å². The zero-order valence-electron chi connectivity index (χ0n) is 17.3. The van der Waals surface area contributed by atoms with Crippen LogP contribution in [0, 0.1) is 17.2 Å². The Morgan fingerprint density at radius 1 is 1.10 bits per heavy atom. The minimum Gasteiger partial charge on any atom is -0.352 e. The number of benzene rings is 2. The molecule has 7 heteroatoms. The number of aromatic nitrogens is 3. The summed E-state index contributed by atoms with van der Waals surface area (Å²) in [4.78, 5) is 16.9. The molecule has 2 heterocycles. The molecule has 0 aliphatic rings. The fourth-order valence-corrected chi connectivity index (χ4v) is 3.16. The normalized spacial score (nSPS) is 10.8. The van der Waals surface area contributed by atoms with E-state index in [-0.39, 0.29) is 5.91 Å². The third-order valence-corrected chi connectivity index (χ3v) is 4.75. The van der Waals surface area contributed by atoms with E-state index in [1.54, 1.807) is 10.6 Å². The Morgan fingerprint density at radius 2 is 1.94 bits per heavy atom. The maximum absolute atomic E-state index is 12.4. The van der Waals surface area contributed by atoms with E-state index < -0.39 is 0 Å². The number of carbonyl (C=O) groups is 1. The lowest BCUT2D eigenvalue weighted by molar-refractivity contribution is 0.0949. The average Bonchev–Trinajstić information content (AvgIpc) is 3.19. The first-order chi connectivity index (χ1) is 15.0. The summed E-state index contributed by atoms with van der Waals surface area (Å²) in [6, 6.07) is 20.7. The monoisotopic (exact) mass is 410 g/mol. The minimum atomic E-state index is -0.0833. The van der Waals surface area contributed by atoms with Gasteiger partial charge in [-0.2, -0.15) is 10.2 Å². The van der Waals surface area contributed by atoms with Crippen molar-refractivity contribution in [2.75, 3.05) is 11.9 Å². The van der Waals surface area contributed by atoms with E-state index in [1.165, 1.54) is 0 Å². The van der Waals surface area contributed by atoms with E-state index in [4.69, 9.17) is 0 Å². The molecule has 0 unspecified atom stereocenters. The van der Waals surface area contributed by atoms with Crippen LogP contribution in [0.15, 0.2) is 66.9 Å². The van der Waals surface area contributed by atoms with Gasteiger partial charge in [-0.25, -0.2) is 4.52 Å². The van der Waals surface area contributed by atoms with Gasteiger partial charge in [-0.15, -0.1) is 5.10 Å². The number of nitrogens with one attached hydrogen (secondary N) is 2. The van der Waals surface area contributed by atoms with E-state index in [1.807, 2.05) is 60.8 Å². The van der Waals surface area contributed by atoms with Crippen LogP contribution >= 0.6 is 0 Å². The molecule has 0 saturated carbocycles. The number of rotatable bonds is 6. The molecule has 2 aromatic carbocycles. The summed E-state index contributed by atoms with van der Waals surface area (Å²) in [5.74, 6) is 0.714. The minimum absolute atomic E-state index is 0.0833.